The minimum atomic E-state index is -0.862. The summed E-state index contributed by atoms with van der Waals surface area (Å²) in [4.78, 5) is 56.4. The lowest BCUT2D eigenvalue weighted by atomic mass is 9.69. The highest BCUT2D eigenvalue weighted by atomic mass is 16.5. The summed E-state index contributed by atoms with van der Waals surface area (Å²) in [6, 6.07) is 10.2. The largest absolute Gasteiger partial charge is 0.497 e. The fourth-order valence-electron chi connectivity index (χ4n) is 10.0. The van der Waals surface area contributed by atoms with Crippen LogP contribution in [0, 0.1) is 58.7 Å². The van der Waals surface area contributed by atoms with Gasteiger partial charge in [-0.1, -0.05) is 90.0 Å². The predicted molar refractivity (Wildman–Crippen MR) is 224 cm³/mol. The zero-order valence-electron chi connectivity index (χ0n) is 34.6. The van der Waals surface area contributed by atoms with Crippen LogP contribution in [0.15, 0.2) is 60.7 Å². The first-order valence-corrected chi connectivity index (χ1v) is 21.0. The molecule has 6 atom stereocenters. The molecule has 0 radical (unpaired) electrons. The number of rotatable bonds is 18. The molecule has 0 heterocycles. The van der Waals surface area contributed by atoms with Gasteiger partial charge in [-0.3, -0.25) is 19.2 Å². The maximum Gasteiger partial charge on any atom is 0.151 e. The lowest BCUT2D eigenvalue weighted by molar-refractivity contribution is -0.139. The van der Waals surface area contributed by atoms with Crippen molar-refractivity contribution in [3.8, 4) is 23.8 Å². The summed E-state index contributed by atoms with van der Waals surface area (Å²) in [5.74, 6) is 2.85. The normalized spacial score (nSPS) is 25.4. The summed E-state index contributed by atoms with van der Waals surface area (Å²) in [6.45, 7) is 14.5. The van der Waals surface area contributed by atoms with Gasteiger partial charge in [0, 0.05) is 47.8 Å². The molecule has 0 aromatic heterocycles. The Morgan fingerprint density at radius 2 is 1.79 bits per heavy atom. The van der Waals surface area contributed by atoms with Gasteiger partial charge in [0.25, 0.3) is 0 Å². The Bertz CT molecular complexity index is 1960. The highest BCUT2D eigenvalue weighted by molar-refractivity contribution is 5.99. The van der Waals surface area contributed by atoms with E-state index in [-0.39, 0.29) is 48.3 Å². The molecule has 6 heteroatoms. The Kier molecular flexibility index (Phi) is 12.6. The van der Waals surface area contributed by atoms with E-state index in [0.717, 1.165) is 66.2 Å². The van der Waals surface area contributed by atoms with Crippen LogP contribution in [0.2, 0.25) is 0 Å². The van der Waals surface area contributed by atoms with Crippen LogP contribution in [0.1, 0.15) is 124 Å². The maximum absolute atomic E-state index is 14.9. The lowest BCUT2D eigenvalue weighted by Gasteiger charge is -2.33. The number of carbonyl (C=O) groups excluding carboxylic acids is 4. The van der Waals surface area contributed by atoms with E-state index in [9.17, 15) is 19.2 Å². The monoisotopic (exact) mass is 758 g/mol. The molecule has 2 aromatic rings. The third-order valence-electron chi connectivity index (χ3n) is 13.2. The summed E-state index contributed by atoms with van der Waals surface area (Å²) in [5.41, 5.74) is 2.26. The molecule has 0 N–H and O–H groups in total. The van der Waals surface area contributed by atoms with Crippen molar-refractivity contribution < 1.29 is 28.7 Å². The molecule has 298 valence electrons. The van der Waals surface area contributed by atoms with Crippen molar-refractivity contribution in [2.45, 2.75) is 124 Å². The molecule has 6 nitrogen and oxygen atoms in total. The molecular weight excluding hydrogens is 697 g/mol. The van der Waals surface area contributed by atoms with Crippen LogP contribution in [-0.2, 0) is 19.2 Å². The van der Waals surface area contributed by atoms with Crippen LogP contribution in [0.5, 0.6) is 11.5 Å². The van der Waals surface area contributed by atoms with Crippen molar-refractivity contribution in [1.82, 2.24) is 0 Å². The van der Waals surface area contributed by atoms with Crippen LogP contribution < -0.4 is 9.47 Å². The van der Waals surface area contributed by atoms with Crippen molar-refractivity contribution in [2.24, 2.45) is 46.3 Å². The van der Waals surface area contributed by atoms with Crippen LogP contribution in [0.25, 0.3) is 16.3 Å². The maximum atomic E-state index is 14.9. The summed E-state index contributed by atoms with van der Waals surface area (Å²) in [6.07, 6.45) is 19.8. The zero-order chi connectivity index (χ0) is 40.4. The van der Waals surface area contributed by atoms with E-state index in [4.69, 9.17) is 15.9 Å². The molecular formula is C50H62O6. The number of benzene rings is 2. The van der Waals surface area contributed by atoms with Crippen molar-refractivity contribution in [3.05, 3.63) is 66.3 Å². The van der Waals surface area contributed by atoms with Gasteiger partial charge in [0.2, 0.25) is 0 Å². The first-order valence-electron chi connectivity index (χ1n) is 21.0. The molecule has 6 unspecified atom stereocenters. The van der Waals surface area contributed by atoms with E-state index in [1.165, 1.54) is 5.57 Å². The van der Waals surface area contributed by atoms with Crippen molar-refractivity contribution in [3.63, 3.8) is 0 Å². The predicted octanol–water partition coefficient (Wildman–Crippen LogP) is 10.9. The molecule has 0 saturated heterocycles. The smallest absolute Gasteiger partial charge is 0.151 e. The van der Waals surface area contributed by atoms with Crippen LogP contribution in [-0.4, -0.2) is 36.3 Å². The summed E-state index contributed by atoms with van der Waals surface area (Å²) < 4.78 is 12.6. The third kappa shape index (κ3) is 9.14. The Morgan fingerprint density at radius 1 is 1.05 bits per heavy atom. The SMILES string of the molecule is C#CCC(=O)C1(CC(=O)C2CC(Oc3cc(C4=CCC(CC(C)C)=C4)cc4cc(OC)ccc34)CC2C(=O)C(CC(=O)CC2CCCC2)C(C)(C)C)CC1C=C. The van der Waals surface area contributed by atoms with Crippen LogP contribution >= 0.6 is 0 Å². The van der Waals surface area contributed by atoms with E-state index in [1.807, 2.05) is 39.0 Å². The average molecular weight is 759 g/mol. The van der Waals surface area contributed by atoms with Gasteiger partial charge in [0.1, 0.15) is 35.0 Å². The van der Waals surface area contributed by atoms with E-state index < -0.39 is 34.7 Å². The first kappa shape index (κ1) is 41.4. The quantitative estimate of drug-likeness (QED) is 0.111. The summed E-state index contributed by atoms with van der Waals surface area (Å²) in [7, 11) is 1.66. The minimum absolute atomic E-state index is 0.0313. The summed E-state index contributed by atoms with van der Waals surface area (Å²) in [5, 5.41) is 1.90. The van der Waals surface area contributed by atoms with Crippen molar-refractivity contribution in [2.75, 3.05) is 7.11 Å². The Morgan fingerprint density at radius 3 is 2.43 bits per heavy atom. The number of hydrogen-bond acceptors (Lipinski definition) is 6. The molecule has 2 aromatic carbocycles. The van der Waals surface area contributed by atoms with E-state index in [1.54, 1.807) is 13.2 Å². The molecule has 4 aliphatic carbocycles. The van der Waals surface area contributed by atoms with Crippen LogP contribution in [0.4, 0.5) is 0 Å². The topological polar surface area (TPSA) is 86.7 Å². The Labute approximate surface area is 334 Å². The van der Waals surface area contributed by atoms with Gasteiger partial charge >= 0.3 is 0 Å². The van der Waals surface area contributed by atoms with Gasteiger partial charge in [-0.2, -0.15) is 0 Å². The Hall–Kier alpha value is -4.24. The number of Topliss-reactive ketones (excluding diaryl/α,β-unsaturated/α-hetero) is 4. The lowest BCUT2D eigenvalue weighted by Crippen LogP contribution is -2.38. The second kappa shape index (κ2) is 17.1. The number of fused-ring (bicyclic) bond motifs is 1. The van der Waals surface area contributed by atoms with E-state index in [0.29, 0.717) is 43.3 Å². The van der Waals surface area contributed by atoms with Gasteiger partial charge in [-0.25, -0.2) is 0 Å². The highest BCUT2D eigenvalue weighted by Gasteiger charge is 2.59. The van der Waals surface area contributed by atoms with Crippen molar-refractivity contribution in [1.29, 1.82) is 0 Å². The second-order valence-corrected chi connectivity index (χ2v) is 18.8. The van der Waals surface area contributed by atoms with Gasteiger partial charge in [-0.05, 0) is 102 Å². The zero-order valence-corrected chi connectivity index (χ0v) is 34.6. The minimum Gasteiger partial charge on any atom is -0.497 e. The summed E-state index contributed by atoms with van der Waals surface area (Å²) >= 11 is 0. The molecule has 0 amide bonds. The molecule has 56 heavy (non-hydrogen) atoms. The number of carbonyl (C=O) groups is 4. The van der Waals surface area contributed by atoms with Gasteiger partial charge in [0.05, 0.1) is 13.5 Å². The molecule has 0 spiro atoms. The van der Waals surface area contributed by atoms with Gasteiger partial charge < -0.3 is 9.47 Å². The van der Waals surface area contributed by atoms with Gasteiger partial charge in [-0.15, -0.1) is 13.0 Å². The fourth-order valence-corrected chi connectivity index (χ4v) is 10.0. The highest BCUT2D eigenvalue weighted by Crippen LogP contribution is 2.58. The van der Waals surface area contributed by atoms with E-state index >= 15 is 0 Å². The third-order valence-corrected chi connectivity index (χ3v) is 13.2. The number of ether oxygens (including phenoxy) is 2. The molecule has 3 fully saturated rings. The molecule has 6 rings (SSSR count). The number of terminal acetylenes is 1. The standard InChI is InChI=1S/C50H62O6/c1-9-13-47(53)50(29-37(50)10-2)30-45(52)42-27-40(28-43(42)48(54)44(49(5,6)7)26-38(51)22-32-14-11-12-15-32)56-46-25-35(34-17-16-33(21-34)20-31(3)4)23-36-24-39(55-8)18-19-41(36)46/h1,10,17-19,21,23-25,31-32,37,40,42-44H,2,11-16,20,22,26-30H2,3-8H3. The molecule has 0 bridgehead atoms. The number of allylic oxidation sites excluding steroid dienone is 5. The number of hydrogen-bond donors (Lipinski definition) is 0. The van der Waals surface area contributed by atoms with Gasteiger partial charge in [0.15, 0.2) is 5.78 Å². The Balaban J connectivity index is 1.33. The molecule has 0 aliphatic heterocycles. The number of methoxy groups -OCH3 is 1. The van der Waals surface area contributed by atoms with Crippen molar-refractivity contribution >= 4 is 39.5 Å². The van der Waals surface area contributed by atoms with E-state index in [2.05, 4.69) is 50.6 Å². The number of ketones is 4. The van der Waals surface area contributed by atoms with Crippen LogP contribution in [0.3, 0.4) is 0 Å². The first-order chi connectivity index (χ1) is 26.6. The average Bonchev–Trinajstić information content (AvgIpc) is 3.56. The fraction of sp³-hybridized carbons (Fsp3) is 0.560. The second-order valence-electron chi connectivity index (χ2n) is 18.8. The molecule has 3 saturated carbocycles. The molecule has 4 aliphatic rings.